The Balaban J connectivity index is 1.63. The van der Waals surface area contributed by atoms with Gasteiger partial charge in [0.15, 0.2) is 5.75 Å². The van der Waals surface area contributed by atoms with Crippen LogP contribution in [0.3, 0.4) is 0 Å². The Kier molecular flexibility index (Phi) is 6.05. The van der Waals surface area contributed by atoms with Crippen LogP contribution in [0.5, 0.6) is 11.5 Å². The molecule has 0 bridgehead atoms. The lowest BCUT2D eigenvalue weighted by Gasteiger charge is -2.34. The SMILES string of the molecule is Cc1ccc2c(c1)NC(=O)c1cc(S(=O)(=O)N3CCC(C)CC3)c(N3CCSCC3)cc1O2. The van der Waals surface area contributed by atoms with Crippen LogP contribution >= 0.6 is 11.8 Å². The van der Waals surface area contributed by atoms with Gasteiger partial charge in [-0.15, -0.1) is 0 Å². The van der Waals surface area contributed by atoms with E-state index in [1.165, 1.54) is 6.07 Å². The van der Waals surface area contributed by atoms with Crippen LogP contribution < -0.4 is 15.0 Å². The molecule has 3 aliphatic heterocycles. The van der Waals surface area contributed by atoms with Crippen molar-refractivity contribution in [2.75, 3.05) is 47.9 Å². The molecular formula is C24H29N3O4S2. The number of ether oxygens (including phenoxy) is 1. The summed E-state index contributed by atoms with van der Waals surface area (Å²) in [6.45, 7) is 6.62. The fraction of sp³-hybridized carbons (Fsp3) is 0.458. The third-order valence-corrected chi connectivity index (χ3v) is 9.49. The maximum atomic E-state index is 13.8. The fourth-order valence-electron chi connectivity index (χ4n) is 4.57. The van der Waals surface area contributed by atoms with Crippen molar-refractivity contribution >= 4 is 39.1 Å². The van der Waals surface area contributed by atoms with Gasteiger partial charge < -0.3 is 15.0 Å². The van der Waals surface area contributed by atoms with Gasteiger partial charge in [-0.2, -0.15) is 16.1 Å². The molecule has 7 nitrogen and oxygen atoms in total. The first-order valence-corrected chi connectivity index (χ1v) is 14.0. The predicted molar refractivity (Wildman–Crippen MR) is 132 cm³/mol. The van der Waals surface area contributed by atoms with Gasteiger partial charge in [0, 0.05) is 43.8 Å². The Hall–Kier alpha value is -2.23. The molecule has 2 saturated heterocycles. The number of sulfonamides is 1. The molecule has 33 heavy (non-hydrogen) atoms. The second-order valence-corrected chi connectivity index (χ2v) is 12.2. The lowest BCUT2D eigenvalue weighted by molar-refractivity contribution is 0.102. The van der Waals surface area contributed by atoms with E-state index in [1.807, 2.05) is 36.9 Å². The molecule has 2 aromatic rings. The van der Waals surface area contributed by atoms with Crippen LogP contribution in [0, 0.1) is 12.8 Å². The van der Waals surface area contributed by atoms with E-state index >= 15 is 0 Å². The number of piperidine rings is 1. The molecule has 0 spiro atoms. The first-order chi connectivity index (χ1) is 15.8. The van der Waals surface area contributed by atoms with Gasteiger partial charge in [-0.05, 0) is 49.4 Å². The third-order valence-electron chi connectivity index (χ3n) is 6.62. The van der Waals surface area contributed by atoms with Gasteiger partial charge >= 0.3 is 0 Å². The standard InChI is InChI=1S/C24H29N3O4S2/c1-16-5-7-27(8-6-16)33(29,30)23-14-18-22(15-20(23)26-9-11-32-12-10-26)31-21-4-3-17(2)13-19(21)25-24(18)28/h3-4,13-16H,5-12H2,1-2H3,(H,25,28). The number of fused-ring (bicyclic) bond motifs is 2. The summed E-state index contributed by atoms with van der Waals surface area (Å²) in [5, 5.41) is 2.89. The maximum absolute atomic E-state index is 13.8. The number of amides is 1. The molecule has 1 N–H and O–H groups in total. The molecule has 0 aliphatic carbocycles. The van der Waals surface area contributed by atoms with Gasteiger partial charge in [0.2, 0.25) is 10.0 Å². The number of thioether (sulfide) groups is 1. The fourth-order valence-corrected chi connectivity index (χ4v) is 7.16. The van der Waals surface area contributed by atoms with Crippen LogP contribution in [0.1, 0.15) is 35.7 Å². The zero-order valence-electron chi connectivity index (χ0n) is 19.0. The lowest BCUT2D eigenvalue weighted by Crippen LogP contribution is -2.40. The molecule has 0 saturated carbocycles. The van der Waals surface area contributed by atoms with Gasteiger partial charge in [0.05, 0.1) is 16.9 Å². The number of carbonyl (C=O) groups excluding carboxylic acids is 1. The quantitative estimate of drug-likeness (QED) is 0.694. The highest BCUT2D eigenvalue weighted by atomic mass is 32.2. The van der Waals surface area contributed by atoms with E-state index in [9.17, 15) is 13.2 Å². The minimum atomic E-state index is -3.76. The molecule has 3 aliphatic rings. The van der Waals surface area contributed by atoms with Crippen molar-refractivity contribution in [2.45, 2.75) is 31.6 Å². The molecule has 1 amide bonds. The molecule has 0 unspecified atom stereocenters. The summed E-state index contributed by atoms with van der Waals surface area (Å²) in [6, 6.07) is 8.88. The maximum Gasteiger partial charge on any atom is 0.259 e. The summed E-state index contributed by atoms with van der Waals surface area (Å²) in [4.78, 5) is 15.5. The van der Waals surface area contributed by atoms with Gasteiger partial charge in [-0.25, -0.2) is 8.42 Å². The zero-order valence-corrected chi connectivity index (χ0v) is 20.6. The first kappa shape index (κ1) is 22.6. The molecule has 176 valence electrons. The Morgan fingerprint density at radius 1 is 1.03 bits per heavy atom. The van der Waals surface area contributed by atoms with Crippen LogP contribution in [0.15, 0.2) is 35.2 Å². The van der Waals surface area contributed by atoms with E-state index in [0.29, 0.717) is 41.9 Å². The van der Waals surface area contributed by atoms with Gasteiger partial charge in [-0.1, -0.05) is 13.0 Å². The molecule has 2 fully saturated rings. The van der Waals surface area contributed by atoms with Crippen LogP contribution in [-0.4, -0.2) is 56.3 Å². The summed E-state index contributed by atoms with van der Waals surface area (Å²) >= 11 is 1.86. The second kappa shape index (κ2) is 8.85. The molecule has 0 atom stereocenters. The van der Waals surface area contributed by atoms with Crippen molar-refractivity contribution in [3.8, 4) is 11.5 Å². The van der Waals surface area contributed by atoms with Crippen molar-refractivity contribution in [3.05, 3.63) is 41.5 Å². The number of rotatable bonds is 3. The molecule has 0 radical (unpaired) electrons. The number of carbonyl (C=O) groups is 1. The normalized spacial score (nSPS) is 19.8. The summed E-state index contributed by atoms with van der Waals surface area (Å²) in [5.41, 5.74) is 2.44. The number of nitrogens with zero attached hydrogens (tertiary/aromatic N) is 2. The molecule has 2 aromatic carbocycles. The van der Waals surface area contributed by atoms with E-state index in [4.69, 9.17) is 4.74 Å². The summed E-state index contributed by atoms with van der Waals surface area (Å²) < 4.78 is 35.4. The lowest BCUT2D eigenvalue weighted by atomic mass is 10.0. The van der Waals surface area contributed by atoms with E-state index < -0.39 is 10.0 Å². The molecular weight excluding hydrogens is 458 g/mol. The summed E-state index contributed by atoms with van der Waals surface area (Å²) in [7, 11) is -3.76. The Morgan fingerprint density at radius 2 is 1.76 bits per heavy atom. The van der Waals surface area contributed by atoms with Crippen molar-refractivity contribution in [2.24, 2.45) is 5.92 Å². The zero-order chi connectivity index (χ0) is 23.2. The second-order valence-electron chi connectivity index (χ2n) is 9.06. The highest BCUT2D eigenvalue weighted by molar-refractivity contribution is 7.99. The summed E-state index contributed by atoms with van der Waals surface area (Å²) in [6.07, 6.45) is 1.69. The number of hydrogen-bond acceptors (Lipinski definition) is 6. The average Bonchev–Trinajstić information content (AvgIpc) is 2.94. The van der Waals surface area contributed by atoms with Gasteiger partial charge in [0.25, 0.3) is 5.91 Å². The third kappa shape index (κ3) is 4.34. The van der Waals surface area contributed by atoms with E-state index in [-0.39, 0.29) is 16.4 Å². The van der Waals surface area contributed by atoms with Crippen LogP contribution in [0.2, 0.25) is 0 Å². The number of benzene rings is 2. The summed E-state index contributed by atoms with van der Waals surface area (Å²) in [5.74, 6) is 2.95. The van der Waals surface area contributed by atoms with Crippen LogP contribution in [-0.2, 0) is 10.0 Å². The highest BCUT2D eigenvalue weighted by Crippen LogP contribution is 2.42. The number of hydrogen-bond donors (Lipinski definition) is 1. The average molecular weight is 488 g/mol. The Bertz CT molecular complexity index is 1180. The predicted octanol–water partition coefficient (Wildman–Crippen LogP) is 4.33. The monoisotopic (exact) mass is 487 g/mol. The minimum absolute atomic E-state index is 0.198. The van der Waals surface area contributed by atoms with Crippen molar-refractivity contribution in [3.63, 3.8) is 0 Å². The first-order valence-electron chi connectivity index (χ1n) is 11.4. The topological polar surface area (TPSA) is 79.0 Å². The smallest absolute Gasteiger partial charge is 0.259 e. The number of nitrogens with one attached hydrogen (secondary N) is 1. The van der Waals surface area contributed by atoms with Crippen LogP contribution in [0.4, 0.5) is 11.4 Å². The highest BCUT2D eigenvalue weighted by Gasteiger charge is 2.34. The van der Waals surface area contributed by atoms with E-state index in [2.05, 4.69) is 17.1 Å². The van der Waals surface area contributed by atoms with Crippen molar-refractivity contribution in [1.82, 2.24) is 4.31 Å². The largest absolute Gasteiger partial charge is 0.454 e. The van der Waals surface area contributed by atoms with E-state index in [1.54, 1.807) is 10.4 Å². The molecule has 0 aromatic heterocycles. The molecule has 5 rings (SSSR count). The van der Waals surface area contributed by atoms with Crippen molar-refractivity contribution in [1.29, 1.82) is 0 Å². The minimum Gasteiger partial charge on any atom is -0.454 e. The molecule has 9 heteroatoms. The van der Waals surface area contributed by atoms with Gasteiger partial charge in [0.1, 0.15) is 10.6 Å². The molecule has 3 heterocycles. The van der Waals surface area contributed by atoms with Gasteiger partial charge in [-0.3, -0.25) is 4.79 Å². The number of aryl methyl sites for hydroxylation is 1. The Morgan fingerprint density at radius 3 is 2.48 bits per heavy atom. The Labute approximate surface area is 199 Å². The van der Waals surface area contributed by atoms with E-state index in [0.717, 1.165) is 43.0 Å². The van der Waals surface area contributed by atoms with Crippen LogP contribution in [0.25, 0.3) is 0 Å². The van der Waals surface area contributed by atoms with Crippen molar-refractivity contribution < 1.29 is 17.9 Å². The number of anilines is 2.